The second kappa shape index (κ2) is 8.89. The third kappa shape index (κ3) is 4.61. The number of halogens is 1. The van der Waals surface area contributed by atoms with Crippen molar-refractivity contribution in [2.45, 2.75) is 45.3 Å². The van der Waals surface area contributed by atoms with Gasteiger partial charge in [0.2, 0.25) is 0 Å². The van der Waals surface area contributed by atoms with E-state index in [1.54, 1.807) is 25.1 Å². The van der Waals surface area contributed by atoms with Gasteiger partial charge in [-0.05, 0) is 31.0 Å². The molecule has 0 radical (unpaired) electrons. The zero-order valence-electron chi connectivity index (χ0n) is 13.8. The average molecular weight is 356 g/mol. The SMILES string of the molecule is CCCCOC1CON=C1c1cc(Cl)ccc1OC(CC)C(=O)O. The van der Waals surface area contributed by atoms with Crippen LogP contribution in [0.1, 0.15) is 38.7 Å². The van der Waals surface area contributed by atoms with E-state index < -0.39 is 12.1 Å². The quantitative estimate of drug-likeness (QED) is 0.686. The zero-order valence-corrected chi connectivity index (χ0v) is 14.6. The van der Waals surface area contributed by atoms with E-state index in [1.807, 2.05) is 0 Å². The lowest BCUT2D eigenvalue weighted by molar-refractivity contribution is -0.145. The summed E-state index contributed by atoms with van der Waals surface area (Å²) >= 11 is 6.09. The molecule has 0 saturated heterocycles. The van der Waals surface area contributed by atoms with Crippen molar-refractivity contribution in [2.24, 2.45) is 5.16 Å². The lowest BCUT2D eigenvalue weighted by Gasteiger charge is -2.18. The Morgan fingerprint density at radius 3 is 2.96 bits per heavy atom. The minimum Gasteiger partial charge on any atom is -0.479 e. The van der Waals surface area contributed by atoms with Crippen LogP contribution < -0.4 is 4.74 Å². The fourth-order valence-electron chi connectivity index (χ4n) is 2.30. The Labute approximate surface area is 146 Å². The molecular formula is C17H22ClNO5. The van der Waals surface area contributed by atoms with Crippen molar-refractivity contribution in [1.29, 1.82) is 0 Å². The molecule has 1 N–H and O–H groups in total. The highest BCUT2D eigenvalue weighted by atomic mass is 35.5. The minimum atomic E-state index is -1.02. The van der Waals surface area contributed by atoms with Gasteiger partial charge in [-0.3, -0.25) is 0 Å². The lowest BCUT2D eigenvalue weighted by Crippen LogP contribution is -2.29. The molecule has 1 aromatic rings. The molecule has 2 unspecified atom stereocenters. The highest BCUT2D eigenvalue weighted by molar-refractivity contribution is 6.31. The summed E-state index contributed by atoms with van der Waals surface area (Å²) in [7, 11) is 0. The Balaban J connectivity index is 2.24. The first-order valence-corrected chi connectivity index (χ1v) is 8.45. The largest absolute Gasteiger partial charge is 0.479 e. The molecule has 0 aromatic heterocycles. The minimum absolute atomic E-state index is 0.317. The van der Waals surface area contributed by atoms with Gasteiger partial charge in [0, 0.05) is 17.2 Å². The van der Waals surface area contributed by atoms with Gasteiger partial charge in [0.25, 0.3) is 0 Å². The number of unbranched alkanes of at least 4 members (excludes halogenated alkanes) is 1. The van der Waals surface area contributed by atoms with Crippen molar-refractivity contribution in [3.05, 3.63) is 28.8 Å². The van der Waals surface area contributed by atoms with Crippen molar-refractivity contribution in [3.63, 3.8) is 0 Å². The summed E-state index contributed by atoms with van der Waals surface area (Å²) in [6.07, 6.45) is 1.06. The molecule has 1 aliphatic rings. The summed E-state index contributed by atoms with van der Waals surface area (Å²) in [6, 6.07) is 4.99. The van der Waals surface area contributed by atoms with E-state index in [1.165, 1.54) is 0 Å². The van der Waals surface area contributed by atoms with Gasteiger partial charge in [0.05, 0.1) is 0 Å². The van der Waals surface area contributed by atoms with Crippen LogP contribution in [0.25, 0.3) is 0 Å². The highest BCUT2D eigenvalue weighted by Gasteiger charge is 2.29. The summed E-state index contributed by atoms with van der Waals surface area (Å²) in [5.41, 5.74) is 1.17. The molecule has 6 nitrogen and oxygen atoms in total. The molecule has 1 aromatic carbocycles. The van der Waals surface area contributed by atoms with Crippen molar-refractivity contribution in [3.8, 4) is 5.75 Å². The molecule has 132 valence electrons. The average Bonchev–Trinajstić information content (AvgIpc) is 3.02. The first kappa shape index (κ1) is 18.5. The van der Waals surface area contributed by atoms with E-state index in [9.17, 15) is 9.90 Å². The number of nitrogens with zero attached hydrogens (tertiary/aromatic N) is 1. The predicted octanol–water partition coefficient (Wildman–Crippen LogP) is 3.50. The molecule has 0 amide bonds. The van der Waals surface area contributed by atoms with Crippen LogP contribution in [0.2, 0.25) is 5.02 Å². The number of carboxylic acids is 1. The lowest BCUT2D eigenvalue weighted by atomic mass is 10.0. The Morgan fingerprint density at radius 1 is 1.50 bits per heavy atom. The highest BCUT2D eigenvalue weighted by Crippen LogP contribution is 2.28. The summed E-state index contributed by atoms with van der Waals surface area (Å²) in [6.45, 7) is 4.76. The number of hydrogen-bond donors (Lipinski definition) is 1. The van der Waals surface area contributed by atoms with E-state index in [0.717, 1.165) is 12.8 Å². The molecule has 2 rings (SSSR count). The summed E-state index contributed by atoms with van der Waals surface area (Å²) in [4.78, 5) is 16.4. The number of hydrogen-bond acceptors (Lipinski definition) is 5. The molecular weight excluding hydrogens is 334 g/mol. The van der Waals surface area contributed by atoms with Gasteiger partial charge in [0.15, 0.2) is 6.10 Å². The van der Waals surface area contributed by atoms with Crippen molar-refractivity contribution < 1.29 is 24.2 Å². The van der Waals surface area contributed by atoms with Gasteiger partial charge in [0.1, 0.15) is 24.2 Å². The Bertz CT molecular complexity index is 605. The predicted molar refractivity (Wildman–Crippen MR) is 90.9 cm³/mol. The van der Waals surface area contributed by atoms with E-state index >= 15 is 0 Å². The molecule has 7 heteroatoms. The topological polar surface area (TPSA) is 77.3 Å². The van der Waals surface area contributed by atoms with E-state index in [4.69, 9.17) is 25.9 Å². The molecule has 1 heterocycles. The fourth-order valence-corrected chi connectivity index (χ4v) is 2.47. The first-order chi connectivity index (χ1) is 11.6. The van der Waals surface area contributed by atoms with Crippen LogP contribution in [0, 0.1) is 0 Å². The number of rotatable bonds is 9. The maximum absolute atomic E-state index is 11.2. The second-order valence-corrected chi connectivity index (χ2v) is 5.92. The number of benzene rings is 1. The summed E-state index contributed by atoms with van der Waals surface area (Å²) in [5, 5.41) is 13.8. The van der Waals surface area contributed by atoms with Gasteiger partial charge in [-0.15, -0.1) is 0 Å². The maximum atomic E-state index is 11.2. The van der Waals surface area contributed by atoms with Crippen molar-refractivity contribution in [2.75, 3.05) is 13.2 Å². The molecule has 0 fully saturated rings. The number of oxime groups is 1. The van der Waals surface area contributed by atoms with Crippen LogP contribution in [0.5, 0.6) is 5.75 Å². The number of ether oxygens (including phenoxy) is 2. The van der Waals surface area contributed by atoms with Crippen LogP contribution in [-0.4, -0.2) is 42.2 Å². The van der Waals surface area contributed by atoms with E-state index in [2.05, 4.69) is 12.1 Å². The van der Waals surface area contributed by atoms with Crippen LogP contribution in [0.4, 0.5) is 0 Å². The van der Waals surface area contributed by atoms with Gasteiger partial charge >= 0.3 is 5.97 Å². The molecule has 2 atom stereocenters. The Kier molecular flexibility index (Phi) is 6.87. The van der Waals surface area contributed by atoms with Gasteiger partial charge in [-0.2, -0.15) is 0 Å². The van der Waals surface area contributed by atoms with E-state index in [-0.39, 0.29) is 6.10 Å². The Morgan fingerprint density at radius 2 is 2.29 bits per heavy atom. The smallest absolute Gasteiger partial charge is 0.344 e. The number of carboxylic acid groups (broad SMARTS) is 1. The third-order valence-electron chi connectivity index (χ3n) is 3.64. The standard InChI is InChI=1S/C17H22ClNO5/c1-3-5-8-22-15-10-23-19-16(15)12-9-11(18)6-7-14(12)24-13(4-2)17(20)21/h6-7,9,13,15H,3-5,8,10H2,1-2H3,(H,20,21). The van der Waals surface area contributed by atoms with Crippen LogP contribution in [-0.2, 0) is 14.4 Å². The zero-order chi connectivity index (χ0) is 17.5. The Hall–Kier alpha value is -1.79. The first-order valence-electron chi connectivity index (χ1n) is 8.07. The normalized spacial score (nSPS) is 18.0. The summed E-state index contributed by atoms with van der Waals surface area (Å²) < 4.78 is 11.5. The molecule has 1 aliphatic heterocycles. The fraction of sp³-hybridized carbons (Fsp3) is 0.529. The molecule has 0 aliphatic carbocycles. The van der Waals surface area contributed by atoms with Gasteiger partial charge in [-0.25, -0.2) is 4.79 Å². The molecule has 24 heavy (non-hydrogen) atoms. The van der Waals surface area contributed by atoms with Crippen LogP contribution in [0.15, 0.2) is 23.4 Å². The van der Waals surface area contributed by atoms with Gasteiger partial charge < -0.3 is 19.4 Å². The van der Waals surface area contributed by atoms with Crippen molar-refractivity contribution in [1.82, 2.24) is 0 Å². The van der Waals surface area contributed by atoms with Crippen LogP contribution >= 0.6 is 11.6 Å². The number of aliphatic carboxylic acids is 1. The molecule has 0 bridgehead atoms. The summed E-state index contributed by atoms with van der Waals surface area (Å²) in [5.74, 6) is -0.610. The monoisotopic (exact) mass is 355 g/mol. The third-order valence-corrected chi connectivity index (χ3v) is 3.88. The van der Waals surface area contributed by atoms with E-state index in [0.29, 0.717) is 41.7 Å². The maximum Gasteiger partial charge on any atom is 0.344 e. The van der Waals surface area contributed by atoms with Crippen molar-refractivity contribution >= 4 is 23.3 Å². The molecule has 0 saturated carbocycles. The second-order valence-electron chi connectivity index (χ2n) is 5.48. The molecule has 0 spiro atoms. The number of carbonyl (C=O) groups is 1. The van der Waals surface area contributed by atoms with Crippen LogP contribution in [0.3, 0.4) is 0 Å². The van der Waals surface area contributed by atoms with Gasteiger partial charge in [-0.1, -0.05) is 37.0 Å².